The minimum atomic E-state index is -4.62. The molecule has 6 nitrogen and oxygen atoms in total. The standard InChI is InChI=1S/C7H11F3N4O2S/c1-4-5(2-11)6(14-13-4)17(15,16)12-3-7(8,9)10/h12H,2-3,11H2,1H3,(H,13,14). The second-order valence-electron chi connectivity index (χ2n) is 3.28. The summed E-state index contributed by atoms with van der Waals surface area (Å²) < 4.78 is 60.2. The van der Waals surface area contributed by atoms with Crippen molar-refractivity contribution in [2.45, 2.75) is 24.7 Å². The Bertz CT molecular complexity index is 494. The molecule has 0 amide bonds. The van der Waals surface area contributed by atoms with Gasteiger partial charge in [0.05, 0.1) is 0 Å². The highest BCUT2D eigenvalue weighted by molar-refractivity contribution is 7.89. The molecule has 98 valence electrons. The monoisotopic (exact) mass is 272 g/mol. The van der Waals surface area contributed by atoms with E-state index in [4.69, 9.17) is 5.73 Å². The summed E-state index contributed by atoms with van der Waals surface area (Å²) in [5, 5.41) is 5.30. The summed E-state index contributed by atoms with van der Waals surface area (Å²) in [5.74, 6) is 0. The maximum Gasteiger partial charge on any atom is 0.402 e. The molecule has 0 fully saturated rings. The Balaban J connectivity index is 2.98. The van der Waals surface area contributed by atoms with Gasteiger partial charge in [-0.25, -0.2) is 13.1 Å². The quantitative estimate of drug-likeness (QED) is 0.719. The number of hydrogen-bond donors (Lipinski definition) is 3. The van der Waals surface area contributed by atoms with Gasteiger partial charge in [-0.15, -0.1) is 0 Å². The molecule has 0 spiro atoms. The molecule has 0 aliphatic carbocycles. The van der Waals surface area contributed by atoms with Gasteiger partial charge < -0.3 is 5.73 Å². The van der Waals surface area contributed by atoms with Gasteiger partial charge in [0.1, 0.15) is 6.54 Å². The molecule has 1 aromatic heterocycles. The zero-order chi connectivity index (χ0) is 13.3. The summed E-state index contributed by atoms with van der Waals surface area (Å²) in [6, 6.07) is 0. The molecule has 1 rings (SSSR count). The molecule has 1 aromatic rings. The van der Waals surface area contributed by atoms with E-state index in [2.05, 4.69) is 10.2 Å². The molecular formula is C7H11F3N4O2S. The van der Waals surface area contributed by atoms with Crippen LogP contribution in [0.5, 0.6) is 0 Å². The first-order chi connectivity index (χ1) is 7.67. The van der Waals surface area contributed by atoms with E-state index in [-0.39, 0.29) is 12.1 Å². The minimum Gasteiger partial charge on any atom is -0.326 e. The van der Waals surface area contributed by atoms with Gasteiger partial charge in [0.25, 0.3) is 10.0 Å². The van der Waals surface area contributed by atoms with Crippen LogP contribution >= 0.6 is 0 Å². The van der Waals surface area contributed by atoms with Gasteiger partial charge in [0, 0.05) is 17.8 Å². The van der Waals surface area contributed by atoms with Crippen LogP contribution in [0.2, 0.25) is 0 Å². The molecule has 0 atom stereocenters. The Morgan fingerprint density at radius 1 is 1.47 bits per heavy atom. The van der Waals surface area contributed by atoms with Crippen LogP contribution in [0.3, 0.4) is 0 Å². The fraction of sp³-hybridized carbons (Fsp3) is 0.571. The predicted octanol–water partition coefficient (Wildman–Crippen LogP) is 0.0174. The van der Waals surface area contributed by atoms with Crippen LogP contribution in [0.1, 0.15) is 11.3 Å². The molecule has 0 aliphatic heterocycles. The molecule has 0 radical (unpaired) electrons. The molecule has 0 unspecified atom stereocenters. The third-order valence-corrected chi connectivity index (χ3v) is 3.33. The van der Waals surface area contributed by atoms with Crippen molar-refractivity contribution in [3.63, 3.8) is 0 Å². The van der Waals surface area contributed by atoms with E-state index in [1.807, 2.05) is 0 Å². The molecule has 17 heavy (non-hydrogen) atoms. The second kappa shape index (κ2) is 4.63. The maximum atomic E-state index is 11.9. The van der Waals surface area contributed by atoms with E-state index in [9.17, 15) is 21.6 Å². The summed E-state index contributed by atoms with van der Waals surface area (Å²) in [6.45, 7) is -0.256. The number of halogens is 3. The lowest BCUT2D eigenvalue weighted by Gasteiger charge is -2.08. The van der Waals surface area contributed by atoms with E-state index in [1.165, 1.54) is 11.6 Å². The van der Waals surface area contributed by atoms with Crippen LogP contribution in [-0.2, 0) is 16.6 Å². The zero-order valence-electron chi connectivity index (χ0n) is 8.80. The van der Waals surface area contributed by atoms with Crippen molar-refractivity contribution in [1.82, 2.24) is 14.9 Å². The molecule has 0 aromatic carbocycles. The van der Waals surface area contributed by atoms with Crippen molar-refractivity contribution >= 4 is 10.0 Å². The zero-order valence-corrected chi connectivity index (χ0v) is 9.61. The average molecular weight is 272 g/mol. The molecule has 0 saturated carbocycles. The predicted molar refractivity (Wildman–Crippen MR) is 52.5 cm³/mol. The number of hydrogen-bond acceptors (Lipinski definition) is 4. The fourth-order valence-corrected chi connectivity index (χ4v) is 2.35. The summed E-state index contributed by atoms with van der Waals surface area (Å²) >= 11 is 0. The molecular weight excluding hydrogens is 261 g/mol. The lowest BCUT2D eigenvalue weighted by Crippen LogP contribution is -2.34. The summed E-state index contributed by atoms with van der Waals surface area (Å²) in [6.07, 6.45) is -4.62. The number of rotatable bonds is 4. The Kier molecular flexibility index (Phi) is 3.79. The van der Waals surface area contributed by atoms with Crippen LogP contribution in [0, 0.1) is 6.92 Å². The lowest BCUT2D eigenvalue weighted by molar-refractivity contribution is -0.121. The van der Waals surface area contributed by atoms with Gasteiger partial charge in [-0.05, 0) is 6.92 Å². The normalized spacial score (nSPS) is 13.0. The van der Waals surface area contributed by atoms with Gasteiger partial charge in [-0.2, -0.15) is 18.3 Å². The van der Waals surface area contributed by atoms with Gasteiger partial charge in [-0.1, -0.05) is 0 Å². The van der Waals surface area contributed by atoms with Crippen molar-refractivity contribution in [2.75, 3.05) is 6.54 Å². The number of H-pyrrole nitrogens is 1. The van der Waals surface area contributed by atoms with Crippen LogP contribution in [-0.4, -0.2) is 31.3 Å². The van der Waals surface area contributed by atoms with Crippen molar-refractivity contribution < 1.29 is 21.6 Å². The van der Waals surface area contributed by atoms with Gasteiger partial charge in [0.15, 0.2) is 5.03 Å². The summed E-state index contributed by atoms with van der Waals surface area (Å²) in [4.78, 5) is 0. The maximum absolute atomic E-state index is 11.9. The third-order valence-electron chi connectivity index (χ3n) is 1.96. The van der Waals surface area contributed by atoms with Crippen molar-refractivity contribution in [3.05, 3.63) is 11.3 Å². The lowest BCUT2D eigenvalue weighted by atomic mass is 10.3. The largest absolute Gasteiger partial charge is 0.402 e. The minimum absolute atomic E-state index is 0.134. The van der Waals surface area contributed by atoms with Crippen LogP contribution in [0.4, 0.5) is 13.2 Å². The van der Waals surface area contributed by atoms with Gasteiger partial charge in [-0.3, -0.25) is 5.10 Å². The van der Waals surface area contributed by atoms with E-state index in [0.717, 1.165) is 0 Å². The topological polar surface area (TPSA) is 101 Å². The van der Waals surface area contributed by atoms with Crippen LogP contribution in [0.25, 0.3) is 0 Å². The Labute approximate surface area is 95.4 Å². The highest BCUT2D eigenvalue weighted by Crippen LogP contribution is 2.17. The number of aryl methyl sites for hydroxylation is 1. The smallest absolute Gasteiger partial charge is 0.326 e. The summed E-state index contributed by atoms with van der Waals surface area (Å²) in [7, 11) is -4.31. The highest BCUT2D eigenvalue weighted by atomic mass is 32.2. The van der Waals surface area contributed by atoms with Crippen LogP contribution in [0.15, 0.2) is 5.03 Å². The fourth-order valence-electron chi connectivity index (χ4n) is 1.14. The molecule has 1 heterocycles. The first-order valence-electron chi connectivity index (χ1n) is 4.47. The van der Waals surface area contributed by atoms with E-state index in [0.29, 0.717) is 5.69 Å². The molecule has 0 aliphatic rings. The number of aromatic amines is 1. The molecule has 0 bridgehead atoms. The van der Waals surface area contributed by atoms with E-state index < -0.39 is 27.8 Å². The Morgan fingerprint density at radius 2 is 2.06 bits per heavy atom. The summed E-state index contributed by atoms with van der Waals surface area (Å²) in [5.41, 5.74) is 5.87. The van der Waals surface area contributed by atoms with Crippen LogP contribution < -0.4 is 10.5 Å². The van der Waals surface area contributed by atoms with Crippen molar-refractivity contribution in [1.29, 1.82) is 0 Å². The van der Waals surface area contributed by atoms with Gasteiger partial charge in [0.2, 0.25) is 0 Å². The SMILES string of the molecule is Cc1[nH]nc(S(=O)(=O)NCC(F)(F)F)c1CN. The molecule has 0 saturated heterocycles. The first-order valence-corrected chi connectivity index (χ1v) is 5.96. The number of nitrogens with zero attached hydrogens (tertiary/aromatic N) is 1. The van der Waals surface area contributed by atoms with Gasteiger partial charge >= 0.3 is 6.18 Å². The molecule has 4 N–H and O–H groups in total. The number of alkyl halides is 3. The number of sulfonamides is 1. The number of nitrogens with two attached hydrogens (primary N) is 1. The van der Waals surface area contributed by atoms with E-state index >= 15 is 0 Å². The number of aromatic nitrogens is 2. The molecule has 10 heteroatoms. The average Bonchev–Trinajstić information content (AvgIpc) is 2.56. The van der Waals surface area contributed by atoms with E-state index in [1.54, 1.807) is 0 Å². The first kappa shape index (κ1) is 13.9. The second-order valence-corrected chi connectivity index (χ2v) is 4.96. The Hall–Kier alpha value is -1.13. The Morgan fingerprint density at radius 3 is 2.53 bits per heavy atom. The highest BCUT2D eigenvalue weighted by Gasteiger charge is 2.32. The third kappa shape index (κ3) is 3.41. The van der Waals surface area contributed by atoms with Crippen molar-refractivity contribution in [3.8, 4) is 0 Å². The van der Waals surface area contributed by atoms with Crippen molar-refractivity contribution in [2.24, 2.45) is 5.73 Å². The number of nitrogens with one attached hydrogen (secondary N) is 2.